The summed E-state index contributed by atoms with van der Waals surface area (Å²) in [5.74, 6) is 1.24. The van der Waals surface area contributed by atoms with Crippen LogP contribution in [0.15, 0.2) is 24.3 Å². The molecule has 0 unspecified atom stereocenters. The van der Waals surface area contributed by atoms with Crippen LogP contribution in [0, 0.1) is 5.82 Å². The maximum Gasteiger partial charge on any atom is 0.161 e. The highest BCUT2D eigenvalue weighted by molar-refractivity contribution is 5.60. The number of hydrogen-bond donors (Lipinski definition) is 2. The van der Waals surface area contributed by atoms with Gasteiger partial charge in [-0.2, -0.15) is 0 Å². The number of nitrogens with zero attached hydrogens (tertiary/aromatic N) is 2. The third-order valence-electron chi connectivity index (χ3n) is 3.27. The van der Waals surface area contributed by atoms with E-state index in [4.69, 9.17) is 0 Å². The molecule has 0 radical (unpaired) electrons. The Morgan fingerprint density at radius 2 is 2.00 bits per heavy atom. The zero-order valence-corrected chi connectivity index (χ0v) is 10.7. The van der Waals surface area contributed by atoms with Gasteiger partial charge in [0.25, 0.3) is 0 Å². The molecule has 98 valence electrons. The van der Waals surface area contributed by atoms with Crippen LogP contribution in [0.3, 0.4) is 0 Å². The van der Waals surface area contributed by atoms with Gasteiger partial charge in [-0.15, -0.1) is 0 Å². The van der Waals surface area contributed by atoms with E-state index in [1.165, 1.54) is 12.1 Å². The molecule has 2 heterocycles. The molecule has 0 saturated carbocycles. The van der Waals surface area contributed by atoms with Crippen LogP contribution < -0.4 is 10.6 Å². The largest absolute Gasteiger partial charge is 0.373 e. The fourth-order valence-corrected chi connectivity index (χ4v) is 2.28. The standard InChI is InChI=1S/C14H15FN4/c1-16-14-11-8-17-7-6-12(11)18-13(19-14)9-2-4-10(15)5-3-9/h2-5,17H,6-8H2,1H3,(H,16,18,19). The normalized spacial score (nSPS) is 14.0. The molecular formula is C14H15FN4. The number of aromatic nitrogens is 2. The summed E-state index contributed by atoms with van der Waals surface area (Å²) < 4.78 is 13.0. The van der Waals surface area contributed by atoms with Gasteiger partial charge in [-0.05, 0) is 24.3 Å². The summed E-state index contributed by atoms with van der Waals surface area (Å²) in [6.07, 6.45) is 0.890. The molecule has 0 fully saturated rings. The predicted octanol–water partition coefficient (Wildman–Crippen LogP) is 1.97. The summed E-state index contributed by atoms with van der Waals surface area (Å²) >= 11 is 0. The Balaban J connectivity index is 2.09. The molecule has 4 nitrogen and oxygen atoms in total. The fourth-order valence-electron chi connectivity index (χ4n) is 2.28. The Labute approximate surface area is 111 Å². The van der Waals surface area contributed by atoms with Gasteiger partial charge in [0.05, 0.1) is 5.69 Å². The zero-order valence-electron chi connectivity index (χ0n) is 10.7. The maximum atomic E-state index is 13.0. The van der Waals surface area contributed by atoms with Gasteiger partial charge >= 0.3 is 0 Å². The van der Waals surface area contributed by atoms with Crippen LogP contribution in [-0.2, 0) is 13.0 Å². The summed E-state index contributed by atoms with van der Waals surface area (Å²) in [6, 6.07) is 6.27. The quantitative estimate of drug-likeness (QED) is 0.864. The molecule has 1 aliphatic heterocycles. The number of benzene rings is 1. The van der Waals surface area contributed by atoms with Crippen molar-refractivity contribution in [1.82, 2.24) is 15.3 Å². The zero-order chi connectivity index (χ0) is 13.2. The summed E-state index contributed by atoms with van der Waals surface area (Å²) in [7, 11) is 1.85. The van der Waals surface area contributed by atoms with Crippen molar-refractivity contribution in [2.24, 2.45) is 0 Å². The number of halogens is 1. The monoisotopic (exact) mass is 258 g/mol. The van der Waals surface area contributed by atoms with Crippen LogP contribution in [0.4, 0.5) is 10.2 Å². The first-order chi connectivity index (χ1) is 9.28. The van der Waals surface area contributed by atoms with Crippen molar-refractivity contribution < 1.29 is 4.39 Å². The van der Waals surface area contributed by atoms with Crippen molar-refractivity contribution in [2.45, 2.75) is 13.0 Å². The summed E-state index contributed by atoms with van der Waals surface area (Å²) in [5.41, 5.74) is 3.02. The van der Waals surface area contributed by atoms with Crippen LogP contribution in [-0.4, -0.2) is 23.6 Å². The van der Waals surface area contributed by atoms with E-state index in [1.807, 2.05) is 7.05 Å². The number of nitrogens with one attached hydrogen (secondary N) is 2. The van der Waals surface area contributed by atoms with Crippen molar-refractivity contribution in [3.8, 4) is 11.4 Å². The van der Waals surface area contributed by atoms with Gasteiger partial charge in [0, 0.05) is 37.7 Å². The first kappa shape index (κ1) is 12.0. The molecule has 0 atom stereocenters. The average Bonchev–Trinajstić information content (AvgIpc) is 2.47. The summed E-state index contributed by atoms with van der Waals surface area (Å²) in [6.45, 7) is 1.71. The highest BCUT2D eigenvalue weighted by Crippen LogP contribution is 2.24. The average molecular weight is 258 g/mol. The van der Waals surface area contributed by atoms with E-state index in [0.717, 1.165) is 42.1 Å². The van der Waals surface area contributed by atoms with E-state index in [-0.39, 0.29) is 5.82 Å². The molecule has 0 bridgehead atoms. The number of anilines is 1. The molecule has 0 aliphatic carbocycles. The molecule has 3 rings (SSSR count). The molecule has 0 spiro atoms. The van der Waals surface area contributed by atoms with Crippen molar-refractivity contribution >= 4 is 5.82 Å². The van der Waals surface area contributed by atoms with E-state index in [9.17, 15) is 4.39 Å². The second kappa shape index (κ2) is 4.93. The third-order valence-corrected chi connectivity index (χ3v) is 3.27. The molecule has 1 aliphatic rings. The lowest BCUT2D eigenvalue weighted by molar-refractivity contribution is 0.626. The van der Waals surface area contributed by atoms with Crippen LogP contribution in [0.25, 0.3) is 11.4 Å². The molecule has 19 heavy (non-hydrogen) atoms. The lowest BCUT2D eigenvalue weighted by Gasteiger charge is -2.19. The topological polar surface area (TPSA) is 49.8 Å². The van der Waals surface area contributed by atoms with Crippen LogP contribution in [0.2, 0.25) is 0 Å². The molecule has 1 aromatic carbocycles. The van der Waals surface area contributed by atoms with Crippen molar-refractivity contribution in [3.05, 3.63) is 41.3 Å². The van der Waals surface area contributed by atoms with Gasteiger partial charge in [-0.1, -0.05) is 0 Å². The van der Waals surface area contributed by atoms with Crippen LogP contribution in [0.5, 0.6) is 0 Å². The molecule has 0 amide bonds. The fraction of sp³-hybridized carbons (Fsp3) is 0.286. The Bertz CT molecular complexity index is 578. The SMILES string of the molecule is CNc1nc(-c2ccc(F)cc2)nc2c1CNCC2. The molecule has 2 aromatic rings. The molecule has 5 heteroatoms. The highest BCUT2D eigenvalue weighted by atomic mass is 19.1. The second-order valence-corrected chi connectivity index (χ2v) is 4.50. The molecule has 0 saturated heterocycles. The van der Waals surface area contributed by atoms with Crippen molar-refractivity contribution in [3.63, 3.8) is 0 Å². The van der Waals surface area contributed by atoms with Gasteiger partial charge in [0.1, 0.15) is 11.6 Å². The molecule has 2 N–H and O–H groups in total. The van der Waals surface area contributed by atoms with Gasteiger partial charge in [0.2, 0.25) is 0 Å². The Morgan fingerprint density at radius 3 is 2.74 bits per heavy atom. The Hall–Kier alpha value is -2.01. The first-order valence-corrected chi connectivity index (χ1v) is 6.32. The van der Waals surface area contributed by atoms with Gasteiger partial charge < -0.3 is 10.6 Å². The van der Waals surface area contributed by atoms with Crippen molar-refractivity contribution in [1.29, 1.82) is 0 Å². The van der Waals surface area contributed by atoms with Crippen LogP contribution >= 0.6 is 0 Å². The van der Waals surface area contributed by atoms with Gasteiger partial charge in [0.15, 0.2) is 5.82 Å². The molecule has 1 aromatic heterocycles. The minimum atomic E-state index is -0.250. The lowest BCUT2D eigenvalue weighted by atomic mass is 10.1. The summed E-state index contributed by atoms with van der Waals surface area (Å²) in [4.78, 5) is 9.13. The Morgan fingerprint density at radius 1 is 1.21 bits per heavy atom. The number of fused-ring (bicyclic) bond motifs is 1. The summed E-state index contributed by atoms with van der Waals surface area (Å²) in [5, 5.41) is 6.42. The lowest BCUT2D eigenvalue weighted by Crippen LogP contribution is -2.26. The minimum absolute atomic E-state index is 0.250. The number of hydrogen-bond acceptors (Lipinski definition) is 4. The van der Waals surface area contributed by atoms with E-state index in [1.54, 1.807) is 12.1 Å². The minimum Gasteiger partial charge on any atom is -0.373 e. The van der Waals surface area contributed by atoms with E-state index in [0.29, 0.717) is 5.82 Å². The first-order valence-electron chi connectivity index (χ1n) is 6.32. The van der Waals surface area contributed by atoms with Crippen LogP contribution in [0.1, 0.15) is 11.3 Å². The predicted molar refractivity (Wildman–Crippen MR) is 72.4 cm³/mol. The number of rotatable bonds is 2. The second-order valence-electron chi connectivity index (χ2n) is 4.50. The highest BCUT2D eigenvalue weighted by Gasteiger charge is 2.17. The van der Waals surface area contributed by atoms with E-state index in [2.05, 4.69) is 20.6 Å². The third kappa shape index (κ3) is 2.29. The molecular weight excluding hydrogens is 243 g/mol. The maximum absolute atomic E-state index is 13.0. The van der Waals surface area contributed by atoms with E-state index >= 15 is 0 Å². The smallest absolute Gasteiger partial charge is 0.161 e. The Kier molecular flexibility index (Phi) is 3.13. The van der Waals surface area contributed by atoms with Crippen molar-refractivity contribution in [2.75, 3.05) is 18.9 Å². The van der Waals surface area contributed by atoms with Gasteiger partial charge in [-0.3, -0.25) is 0 Å². The van der Waals surface area contributed by atoms with Gasteiger partial charge in [-0.25, -0.2) is 14.4 Å². The van der Waals surface area contributed by atoms with E-state index < -0.39 is 0 Å².